The Hall–Kier alpha value is -3.66. The first-order valence-electron chi connectivity index (χ1n) is 13.3. The predicted molar refractivity (Wildman–Crippen MR) is 141 cm³/mol. The average molecular weight is 522 g/mol. The van der Waals surface area contributed by atoms with E-state index in [1.165, 1.54) is 0 Å². The van der Waals surface area contributed by atoms with Gasteiger partial charge in [0, 0.05) is 30.8 Å². The minimum atomic E-state index is -0.914. The average Bonchev–Trinajstić information content (AvgIpc) is 3.72. The summed E-state index contributed by atoms with van der Waals surface area (Å²) in [6.45, 7) is 0.869. The summed E-state index contributed by atoms with van der Waals surface area (Å²) < 4.78 is 18.6. The van der Waals surface area contributed by atoms with Crippen LogP contribution in [-0.2, 0) is 20.9 Å². The molecule has 1 aromatic heterocycles. The lowest BCUT2D eigenvalue weighted by atomic mass is 10.0. The highest BCUT2D eigenvalue weighted by atomic mass is 16.5. The molecular formula is C28H35N5O5. The van der Waals surface area contributed by atoms with Crippen molar-refractivity contribution in [3.05, 3.63) is 48.0 Å². The van der Waals surface area contributed by atoms with Crippen LogP contribution in [0.4, 0.5) is 0 Å². The molecule has 1 aliphatic heterocycles. The number of nitrogens with zero attached hydrogens (tertiary/aromatic N) is 4. The molecule has 2 aromatic carbocycles. The van der Waals surface area contributed by atoms with Gasteiger partial charge in [0.2, 0.25) is 11.8 Å². The highest BCUT2D eigenvalue weighted by Gasteiger charge is 2.37. The van der Waals surface area contributed by atoms with Crippen molar-refractivity contribution in [3.8, 4) is 11.5 Å². The Morgan fingerprint density at radius 1 is 1.11 bits per heavy atom. The summed E-state index contributed by atoms with van der Waals surface area (Å²) in [6, 6.07) is 12.0. The van der Waals surface area contributed by atoms with Gasteiger partial charge in [-0.2, -0.15) is 0 Å². The van der Waals surface area contributed by atoms with Gasteiger partial charge in [0.25, 0.3) is 0 Å². The number of carbonyl (C=O) groups is 2. The first-order chi connectivity index (χ1) is 18.6. The Balaban J connectivity index is 1.53. The largest absolute Gasteiger partial charge is 0.497 e. The maximum Gasteiger partial charge on any atom is 0.247 e. The van der Waals surface area contributed by atoms with E-state index in [9.17, 15) is 9.59 Å². The smallest absolute Gasteiger partial charge is 0.247 e. The maximum absolute atomic E-state index is 14.1. The topological polar surface area (TPSA) is 108 Å². The van der Waals surface area contributed by atoms with Crippen molar-refractivity contribution >= 4 is 22.8 Å². The standard InChI is InChI=1S/C28H35N5O5/c1-36-20-13-14-22(25(16-20)37-2)27(28(35)29-19-8-3-4-9-19)32(17-21-10-7-15-38-21)26(34)18-33-24-12-6-5-11-23(24)30-31-33/h5-6,11-14,16,19,21,27H,3-4,7-10,15,17-18H2,1-2H3,(H,29,35)/t21-,27-/m0/s1. The number of benzene rings is 2. The monoisotopic (exact) mass is 521 g/mol. The zero-order valence-corrected chi connectivity index (χ0v) is 22.0. The van der Waals surface area contributed by atoms with E-state index >= 15 is 0 Å². The molecule has 2 atom stereocenters. The van der Waals surface area contributed by atoms with Crippen LogP contribution in [-0.4, -0.2) is 71.2 Å². The lowest BCUT2D eigenvalue weighted by molar-refractivity contribution is -0.143. The van der Waals surface area contributed by atoms with Gasteiger partial charge in [0.1, 0.15) is 29.6 Å². The summed E-state index contributed by atoms with van der Waals surface area (Å²) in [4.78, 5) is 29.7. The predicted octanol–water partition coefficient (Wildman–Crippen LogP) is 3.26. The number of methoxy groups -OCH3 is 2. The van der Waals surface area contributed by atoms with Crippen molar-refractivity contribution in [1.29, 1.82) is 0 Å². The minimum Gasteiger partial charge on any atom is -0.497 e. The van der Waals surface area contributed by atoms with Crippen molar-refractivity contribution < 1.29 is 23.8 Å². The molecule has 38 heavy (non-hydrogen) atoms. The Bertz CT molecular complexity index is 1270. The third-order valence-electron chi connectivity index (χ3n) is 7.45. The van der Waals surface area contributed by atoms with Crippen molar-refractivity contribution in [2.24, 2.45) is 0 Å². The lowest BCUT2D eigenvalue weighted by Crippen LogP contribution is -2.49. The number of amides is 2. The molecular weight excluding hydrogens is 486 g/mol. The van der Waals surface area contributed by atoms with Gasteiger partial charge in [-0.3, -0.25) is 9.59 Å². The zero-order valence-electron chi connectivity index (χ0n) is 22.0. The van der Waals surface area contributed by atoms with Gasteiger partial charge in [0.15, 0.2) is 0 Å². The van der Waals surface area contributed by atoms with Crippen LogP contribution < -0.4 is 14.8 Å². The molecule has 0 spiro atoms. The normalized spacial score (nSPS) is 18.4. The molecule has 2 amide bonds. The molecule has 2 fully saturated rings. The fourth-order valence-corrected chi connectivity index (χ4v) is 5.46. The van der Waals surface area contributed by atoms with Crippen molar-refractivity contribution in [3.63, 3.8) is 0 Å². The molecule has 3 aromatic rings. The molecule has 202 valence electrons. The molecule has 1 saturated carbocycles. The molecule has 0 radical (unpaired) electrons. The highest BCUT2D eigenvalue weighted by Crippen LogP contribution is 2.35. The van der Waals surface area contributed by atoms with Gasteiger partial charge in [0.05, 0.1) is 25.8 Å². The van der Waals surface area contributed by atoms with E-state index in [-0.39, 0.29) is 37.0 Å². The quantitative estimate of drug-likeness (QED) is 0.436. The van der Waals surface area contributed by atoms with Crippen LogP contribution in [0, 0.1) is 0 Å². The Morgan fingerprint density at radius 2 is 1.92 bits per heavy atom. The molecule has 2 heterocycles. The SMILES string of the molecule is COc1ccc([C@@H](C(=O)NC2CCCC2)N(C[C@@H]2CCCO2)C(=O)Cn2nnc3ccccc32)c(OC)c1. The third-order valence-corrected chi connectivity index (χ3v) is 7.45. The number of nitrogens with one attached hydrogen (secondary N) is 1. The highest BCUT2D eigenvalue weighted by molar-refractivity contribution is 5.90. The molecule has 10 nitrogen and oxygen atoms in total. The van der Waals surface area contributed by atoms with Gasteiger partial charge < -0.3 is 24.4 Å². The van der Waals surface area contributed by atoms with E-state index < -0.39 is 6.04 Å². The summed E-state index contributed by atoms with van der Waals surface area (Å²) in [5.41, 5.74) is 2.06. The van der Waals surface area contributed by atoms with E-state index in [4.69, 9.17) is 14.2 Å². The molecule has 0 unspecified atom stereocenters. The number of fused-ring (bicyclic) bond motifs is 1. The first kappa shape index (κ1) is 26.0. The van der Waals surface area contributed by atoms with Gasteiger partial charge >= 0.3 is 0 Å². The molecule has 10 heteroatoms. The van der Waals surface area contributed by atoms with Gasteiger partial charge in [-0.25, -0.2) is 4.68 Å². The van der Waals surface area contributed by atoms with Crippen LogP contribution in [0.2, 0.25) is 0 Å². The number of carbonyl (C=O) groups excluding carboxylic acids is 2. The Labute approximate surface area is 222 Å². The summed E-state index contributed by atoms with van der Waals surface area (Å²) in [5, 5.41) is 11.6. The van der Waals surface area contributed by atoms with E-state index in [1.54, 1.807) is 42.0 Å². The molecule has 5 rings (SSSR count). The maximum atomic E-state index is 14.1. The number of aromatic nitrogens is 3. The molecule has 0 bridgehead atoms. The first-order valence-corrected chi connectivity index (χ1v) is 13.3. The number of para-hydroxylation sites is 1. The second kappa shape index (κ2) is 11.8. The molecule has 1 aliphatic carbocycles. The van der Waals surface area contributed by atoms with E-state index in [0.717, 1.165) is 44.0 Å². The number of hydrogen-bond donors (Lipinski definition) is 1. The summed E-state index contributed by atoms with van der Waals surface area (Å²) in [6.07, 6.45) is 5.63. The number of ether oxygens (including phenoxy) is 3. The molecule has 1 N–H and O–H groups in total. The fraction of sp³-hybridized carbons (Fsp3) is 0.500. The van der Waals surface area contributed by atoms with Crippen molar-refractivity contribution in [2.75, 3.05) is 27.4 Å². The number of rotatable bonds is 10. The van der Waals surface area contributed by atoms with E-state index in [0.29, 0.717) is 29.2 Å². The van der Waals surface area contributed by atoms with Crippen LogP contribution in [0.3, 0.4) is 0 Å². The zero-order chi connectivity index (χ0) is 26.5. The fourth-order valence-electron chi connectivity index (χ4n) is 5.46. The van der Waals surface area contributed by atoms with Gasteiger partial charge in [-0.05, 0) is 49.9 Å². The van der Waals surface area contributed by atoms with Crippen molar-refractivity contribution in [1.82, 2.24) is 25.2 Å². The second-order valence-electron chi connectivity index (χ2n) is 9.92. The second-order valence-corrected chi connectivity index (χ2v) is 9.92. The van der Waals surface area contributed by atoms with Crippen LogP contribution in [0.1, 0.15) is 50.1 Å². The Morgan fingerprint density at radius 3 is 2.66 bits per heavy atom. The van der Waals surface area contributed by atoms with Gasteiger partial charge in [-0.15, -0.1) is 5.10 Å². The summed E-state index contributed by atoms with van der Waals surface area (Å²) >= 11 is 0. The Kier molecular flexibility index (Phi) is 8.07. The van der Waals surface area contributed by atoms with E-state index in [1.807, 2.05) is 24.3 Å². The van der Waals surface area contributed by atoms with Crippen LogP contribution in [0.25, 0.3) is 11.0 Å². The summed E-state index contributed by atoms with van der Waals surface area (Å²) in [5.74, 6) is 0.606. The molecule has 2 aliphatic rings. The number of hydrogen-bond acceptors (Lipinski definition) is 7. The third kappa shape index (κ3) is 5.60. The lowest BCUT2D eigenvalue weighted by Gasteiger charge is -2.34. The van der Waals surface area contributed by atoms with Gasteiger partial charge in [-0.1, -0.05) is 30.2 Å². The van der Waals surface area contributed by atoms with E-state index in [2.05, 4.69) is 15.6 Å². The van der Waals surface area contributed by atoms with Crippen LogP contribution in [0.15, 0.2) is 42.5 Å². The summed E-state index contributed by atoms with van der Waals surface area (Å²) in [7, 11) is 3.13. The minimum absolute atomic E-state index is 0.0566. The van der Waals surface area contributed by atoms with Crippen LogP contribution in [0.5, 0.6) is 11.5 Å². The van der Waals surface area contributed by atoms with Crippen molar-refractivity contribution in [2.45, 2.75) is 63.3 Å². The molecule has 1 saturated heterocycles. The van der Waals surface area contributed by atoms with Crippen LogP contribution >= 0.6 is 0 Å².